The van der Waals surface area contributed by atoms with Crippen molar-refractivity contribution in [2.45, 2.75) is 24.4 Å². The Morgan fingerprint density at radius 2 is 2.19 bits per heavy atom. The molecular formula is C11H15FN6O2S. The maximum atomic E-state index is 13.5. The fourth-order valence-electron chi connectivity index (χ4n) is 1.75. The highest BCUT2D eigenvalue weighted by molar-refractivity contribution is 7.89. The van der Waals surface area contributed by atoms with Crippen molar-refractivity contribution in [1.29, 1.82) is 0 Å². The fourth-order valence-corrected chi connectivity index (χ4v) is 3.00. The molecule has 0 saturated heterocycles. The van der Waals surface area contributed by atoms with Crippen molar-refractivity contribution in [1.82, 2.24) is 30.7 Å². The van der Waals surface area contributed by atoms with Gasteiger partial charge in [-0.1, -0.05) is 5.21 Å². The van der Waals surface area contributed by atoms with Crippen molar-refractivity contribution < 1.29 is 12.8 Å². The molecule has 0 bridgehead atoms. The summed E-state index contributed by atoms with van der Waals surface area (Å²) in [6.45, 7) is 1.82. The second-order valence-corrected chi connectivity index (χ2v) is 6.11. The van der Waals surface area contributed by atoms with E-state index < -0.39 is 21.9 Å². The predicted octanol–water partition coefficient (Wildman–Crippen LogP) is 0.0977. The lowest BCUT2D eigenvalue weighted by Gasteiger charge is -2.12. The Hall–Kier alpha value is -1.91. The van der Waals surface area contributed by atoms with Crippen LogP contribution >= 0.6 is 0 Å². The Kier molecular flexibility index (Phi) is 4.60. The summed E-state index contributed by atoms with van der Waals surface area (Å²) in [7, 11) is -2.16. The van der Waals surface area contributed by atoms with Crippen molar-refractivity contribution in [3.63, 3.8) is 0 Å². The van der Waals surface area contributed by atoms with Crippen LogP contribution in [0.1, 0.15) is 24.4 Å². The fraction of sp³-hybridized carbons (Fsp3) is 0.364. The van der Waals surface area contributed by atoms with Crippen LogP contribution in [-0.4, -0.2) is 36.1 Å². The lowest BCUT2D eigenvalue weighted by Crippen LogP contribution is -2.28. The smallest absolute Gasteiger partial charge is 0.241 e. The first-order chi connectivity index (χ1) is 9.94. The third kappa shape index (κ3) is 3.60. The van der Waals surface area contributed by atoms with Gasteiger partial charge in [-0.15, -0.1) is 10.2 Å². The molecule has 21 heavy (non-hydrogen) atoms. The minimum atomic E-state index is -3.81. The number of rotatable bonds is 6. The molecule has 3 N–H and O–H groups in total. The summed E-state index contributed by atoms with van der Waals surface area (Å²) >= 11 is 0. The molecule has 0 aliphatic heterocycles. The number of nitrogens with zero attached hydrogens (tertiary/aromatic N) is 3. The molecule has 10 heteroatoms. The number of aromatic nitrogens is 4. The maximum Gasteiger partial charge on any atom is 0.241 e. The molecule has 0 aliphatic carbocycles. The van der Waals surface area contributed by atoms with Crippen LogP contribution in [-0.2, 0) is 16.6 Å². The number of aromatic amines is 1. The van der Waals surface area contributed by atoms with E-state index in [0.717, 1.165) is 6.07 Å². The van der Waals surface area contributed by atoms with Crippen molar-refractivity contribution in [3.05, 3.63) is 35.4 Å². The van der Waals surface area contributed by atoms with E-state index in [0.29, 0.717) is 0 Å². The highest BCUT2D eigenvalue weighted by atomic mass is 32.2. The van der Waals surface area contributed by atoms with E-state index >= 15 is 0 Å². The number of tetrazole rings is 1. The molecular weight excluding hydrogens is 299 g/mol. The summed E-state index contributed by atoms with van der Waals surface area (Å²) in [4.78, 5) is -0.0236. The number of hydrogen-bond acceptors (Lipinski definition) is 6. The average molecular weight is 314 g/mol. The van der Waals surface area contributed by atoms with E-state index in [2.05, 4.69) is 30.7 Å². The van der Waals surface area contributed by atoms with E-state index in [-0.39, 0.29) is 22.8 Å². The summed E-state index contributed by atoms with van der Waals surface area (Å²) in [5, 5.41) is 15.8. The van der Waals surface area contributed by atoms with Crippen LogP contribution in [0.15, 0.2) is 23.1 Å². The summed E-state index contributed by atoms with van der Waals surface area (Å²) in [6, 6.07) is 2.96. The molecule has 2 aromatic rings. The first-order valence-corrected chi connectivity index (χ1v) is 7.61. The van der Waals surface area contributed by atoms with Crippen molar-refractivity contribution in [2.24, 2.45) is 0 Å². The van der Waals surface area contributed by atoms with Gasteiger partial charge in [0.05, 0.1) is 10.9 Å². The van der Waals surface area contributed by atoms with Crippen LogP contribution in [0.2, 0.25) is 0 Å². The molecule has 1 heterocycles. The van der Waals surface area contributed by atoms with E-state index in [1.165, 1.54) is 12.1 Å². The van der Waals surface area contributed by atoms with Crippen molar-refractivity contribution >= 4 is 10.0 Å². The largest absolute Gasteiger partial charge is 0.316 e. The van der Waals surface area contributed by atoms with Crippen LogP contribution in [0.4, 0.5) is 4.39 Å². The first-order valence-electron chi connectivity index (χ1n) is 6.12. The van der Waals surface area contributed by atoms with Gasteiger partial charge in [-0.2, -0.15) is 5.21 Å². The quantitative estimate of drug-likeness (QED) is 0.697. The molecule has 1 atom stereocenters. The van der Waals surface area contributed by atoms with Crippen LogP contribution < -0.4 is 10.0 Å². The van der Waals surface area contributed by atoms with Gasteiger partial charge in [-0.3, -0.25) is 0 Å². The summed E-state index contributed by atoms with van der Waals surface area (Å²) in [6.07, 6.45) is 0. The van der Waals surface area contributed by atoms with Gasteiger partial charge < -0.3 is 5.32 Å². The van der Waals surface area contributed by atoms with Gasteiger partial charge in [0.1, 0.15) is 5.82 Å². The SMILES string of the molecule is CNCc1cc(S(=O)(=O)NC(C)c2nn[nH]n2)ccc1F. The second-order valence-electron chi connectivity index (χ2n) is 4.40. The van der Waals surface area contributed by atoms with E-state index in [4.69, 9.17) is 0 Å². The Labute approximate surface area is 121 Å². The summed E-state index contributed by atoms with van der Waals surface area (Å²) < 4.78 is 40.5. The molecule has 114 valence electrons. The Bertz CT molecular complexity index is 704. The zero-order chi connectivity index (χ0) is 15.5. The van der Waals surface area contributed by atoms with Gasteiger partial charge >= 0.3 is 0 Å². The highest BCUT2D eigenvalue weighted by Gasteiger charge is 2.21. The van der Waals surface area contributed by atoms with Gasteiger partial charge in [0.15, 0.2) is 5.82 Å². The van der Waals surface area contributed by atoms with Gasteiger partial charge in [-0.25, -0.2) is 17.5 Å². The molecule has 1 aromatic carbocycles. The zero-order valence-corrected chi connectivity index (χ0v) is 12.3. The number of sulfonamides is 1. The number of H-pyrrole nitrogens is 1. The lowest BCUT2D eigenvalue weighted by atomic mass is 10.2. The van der Waals surface area contributed by atoms with Crippen LogP contribution in [0, 0.1) is 5.82 Å². The third-order valence-corrected chi connectivity index (χ3v) is 4.31. The number of nitrogens with one attached hydrogen (secondary N) is 3. The number of hydrogen-bond donors (Lipinski definition) is 3. The highest BCUT2D eigenvalue weighted by Crippen LogP contribution is 2.17. The average Bonchev–Trinajstić information content (AvgIpc) is 2.95. The first kappa shape index (κ1) is 15.5. The van der Waals surface area contributed by atoms with Crippen LogP contribution in [0.5, 0.6) is 0 Å². The molecule has 0 fully saturated rings. The standard InChI is InChI=1S/C11H15FN6O2S/c1-7(11-14-17-18-15-11)16-21(19,20)9-3-4-10(12)8(5-9)6-13-2/h3-5,7,13,16H,6H2,1-2H3,(H,14,15,17,18). The Balaban J connectivity index is 2.25. The van der Waals surface area contributed by atoms with E-state index in [9.17, 15) is 12.8 Å². The topological polar surface area (TPSA) is 113 Å². The molecule has 0 spiro atoms. The maximum absolute atomic E-state index is 13.5. The van der Waals surface area contributed by atoms with Crippen molar-refractivity contribution in [2.75, 3.05) is 7.05 Å². The minimum Gasteiger partial charge on any atom is -0.316 e. The molecule has 1 aromatic heterocycles. The van der Waals surface area contributed by atoms with Gasteiger partial charge in [0, 0.05) is 12.1 Å². The molecule has 1 unspecified atom stereocenters. The van der Waals surface area contributed by atoms with Gasteiger partial charge in [0.2, 0.25) is 10.0 Å². The summed E-state index contributed by atoms with van der Waals surface area (Å²) in [5.74, 6) is -0.245. The molecule has 0 radical (unpaired) electrons. The molecule has 8 nitrogen and oxygen atoms in total. The van der Waals surface area contributed by atoms with Crippen LogP contribution in [0.3, 0.4) is 0 Å². The van der Waals surface area contributed by atoms with Gasteiger partial charge in [-0.05, 0) is 32.2 Å². The monoisotopic (exact) mass is 314 g/mol. The molecule has 0 amide bonds. The Morgan fingerprint density at radius 3 is 2.81 bits per heavy atom. The number of benzene rings is 1. The molecule has 2 rings (SSSR count). The zero-order valence-electron chi connectivity index (χ0n) is 11.5. The summed E-state index contributed by atoms with van der Waals surface area (Å²) in [5.41, 5.74) is 0.271. The molecule has 0 saturated carbocycles. The third-order valence-electron chi connectivity index (χ3n) is 2.78. The predicted molar refractivity (Wildman–Crippen MR) is 72.1 cm³/mol. The normalized spacial score (nSPS) is 13.3. The number of halogens is 1. The molecule has 0 aliphatic rings. The van der Waals surface area contributed by atoms with E-state index in [1.54, 1.807) is 14.0 Å². The lowest BCUT2D eigenvalue weighted by molar-refractivity contribution is 0.558. The van der Waals surface area contributed by atoms with E-state index in [1.807, 2.05) is 0 Å². The van der Waals surface area contributed by atoms with Gasteiger partial charge in [0.25, 0.3) is 0 Å². The minimum absolute atomic E-state index is 0.0236. The Morgan fingerprint density at radius 1 is 1.43 bits per heavy atom. The van der Waals surface area contributed by atoms with Crippen LogP contribution in [0.25, 0.3) is 0 Å². The van der Waals surface area contributed by atoms with Crippen molar-refractivity contribution in [3.8, 4) is 0 Å². The second kappa shape index (κ2) is 6.24.